The molecule has 0 saturated carbocycles. The van der Waals surface area contributed by atoms with Gasteiger partial charge in [-0.05, 0) is 56.6 Å². The van der Waals surface area contributed by atoms with Crippen LogP contribution in [-0.2, 0) is 58.3 Å². The quantitative estimate of drug-likeness (QED) is 0.0957. The fourth-order valence-corrected chi connectivity index (χ4v) is 10.1. The fraction of sp³-hybridized carbons (Fsp3) is 0.188. The number of carbonyl (C=O) groups excluding carboxylic acids is 2. The van der Waals surface area contributed by atoms with E-state index >= 15 is 0 Å². The Bertz CT molecular complexity index is 2950. The van der Waals surface area contributed by atoms with Crippen LogP contribution in [0, 0.1) is 0 Å². The van der Waals surface area contributed by atoms with Gasteiger partial charge in [0.2, 0.25) is 11.8 Å². The van der Waals surface area contributed by atoms with Crippen LogP contribution >= 0.6 is 0 Å². The summed E-state index contributed by atoms with van der Waals surface area (Å²) in [4.78, 5) is 56.4. The van der Waals surface area contributed by atoms with E-state index in [0.29, 0.717) is 36.2 Å². The van der Waals surface area contributed by atoms with Crippen LogP contribution in [0.25, 0.3) is 0 Å². The number of benzene rings is 8. The summed E-state index contributed by atoms with van der Waals surface area (Å²) in [6.45, 7) is 0.955. The Labute approximate surface area is 442 Å². The summed E-state index contributed by atoms with van der Waals surface area (Å²) in [5.74, 6) is -1.72. The van der Waals surface area contributed by atoms with Crippen LogP contribution in [0.1, 0.15) is 67.5 Å². The van der Waals surface area contributed by atoms with E-state index in [1.54, 1.807) is 14.2 Å². The summed E-state index contributed by atoms with van der Waals surface area (Å²) in [7, 11) is 3.13. The van der Waals surface area contributed by atoms with Crippen LogP contribution in [0.3, 0.4) is 0 Å². The van der Waals surface area contributed by atoms with E-state index in [9.17, 15) is 29.4 Å². The predicted molar refractivity (Wildman–Crippen MR) is 288 cm³/mol. The third-order valence-electron chi connectivity index (χ3n) is 13.9. The maximum absolute atomic E-state index is 14.1. The molecule has 8 aromatic rings. The number of amides is 2. The topological polar surface area (TPSA) is 152 Å². The molecule has 2 aliphatic heterocycles. The molecule has 2 aliphatic rings. The molecule has 2 heterocycles. The summed E-state index contributed by atoms with van der Waals surface area (Å²) < 4.78 is 23.5. The first-order chi connectivity index (χ1) is 37.1. The molecule has 0 aliphatic carbocycles. The monoisotopic (exact) mass is 1010 g/mol. The minimum Gasteiger partial charge on any atom is -0.493 e. The lowest BCUT2D eigenvalue weighted by Gasteiger charge is -2.37. The lowest BCUT2D eigenvalue weighted by atomic mass is 9.87. The number of aliphatic carboxylic acids is 2. The molecule has 1 unspecified atom stereocenters. The van der Waals surface area contributed by atoms with E-state index in [1.807, 2.05) is 206 Å². The summed E-state index contributed by atoms with van der Waals surface area (Å²) in [5.41, 5.74) is 8.46. The molecule has 76 heavy (non-hydrogen) atoms. The van der Waals surface area contributed by atoms with Crippen molar-refractivity contribution < 1.29 is 48.3 Å². The number of fused-ring (bicyclic) bond motifs is 2. The zero-order valence-corrected chi connectivity index (χ0v) is 42.2. The Kier molecular flexibility index (Phi) is 16.5. The second-order valence-electron chi connectivity index (χ2n) is 18.6. The summed E-state index contributed by atoms with van der Waals surface area (Å²) in [5, 5.41) is 20.5. The van der Waals surface area contributed by atoms with Gasteiger partial charge in [0.05, 0.1) is 26.1 Å². The molecule has 2 atom stereocenters. The Morgan fingerprint density at radius 2 is 0.724 bits per heavy atom. The van der Waals surface area contributed by atoms with Gasteiger partial charge in [0, 0.05) is 37.1 Å². The van der Waals surface area contributed by atoms with Crippen molar-refractivity contribution >= 4 is 23.8 Å². The Morgan fingerprint density at radius 1 is 0.434 bits per heavy atom. The molecule has 0 aromatic heterocycles. The zero-order chi connectivity index (χ0) is 53.0. The van der Waals surface area contributed by atoms with E-state index in [2.05, 4.69) is 0 Å². The Morgan fingerprint density at radius 3 is 1.00 bits per heavy atom. The standard InChI is InChI=1S/2C32H29NO5/c2*1-37-28-18-17-25-20-33(31(34)29(23-13-7-3-8-14-23)24-15-9-4-10-16-24)27(32(35)36)19-26(25)30(28)38-21-22-11-5-2-6-12-22/h2*2-18,27,29H,19-21H2,1H3,(H,35,36)/t27-;/m0./s1. The van der Waals surface area contributed by atoms with Crippen LogP contribution in [0.2, 0.25) is 0 Å². The van der Waals surface area contributed by atoms with Crippen LogP contribution < -0.4 is 18.9 Å². The van der Waals surface area contributed by atoms with Crippen LogP contribution in [-0.4, -0.2) is 70.1 Å². The summed E-state index contributed by atoms with van der Waals surface area (Å²) >= 11 is 0. The molecule has 0 radical (unpaired) electrons. The van der Waals surface area contributed by atoms with Gasteiger partial charge in [-0.15, -0.1) is 0 Å². The van der Waals surface area contributed by atoms with Crippen molar-refractivity contribution in [1.82, 2.24) is 9.80 Å². The van der Waals surface area contributed by atoms with Crippen LogP contribution in [0.5, 0.6) is 23.0 Å². The summed E-state index contributed by atoms with van der Waals surface area (Å²) in [6, 6.07) is 62.8. The molecule has 2 N–H and O–H groups in total. The first-order valence-electron chi connectivity index (χ1n) is 25.1. The van der Waals surface area contributed by atoms with Gasteiger partial charge in [0.1, 0.15) is 25.3 Å². The van der Waals surface area contributed by atoms with Crippen molar-refractivity contribution in [3.8, 4) is 23.0 Å². The number of ether oxygens (including phenoxy) is 4. The van der Waals surface area contributed by atoms with Gasteiger partial charge in [0.25, 0.3) is 0 Å². The highest BCUT2D eigenvalue weighted by Crippen LogP contribution is 2.42. The lowest BCUT2D eigenvalue weighted by molar-refractivity contribution is -0.151. The average Bonchev–Trinajstić information content (AvgIpc) is 3.47. The first kappa shape index (κ1) is 51.7. The minimum absolute atomic E-state index is 0.119. The van der Waals surface area contributed by atoms with Crippen molar-refractivity contribution in [2.75, 3.05) is 14.2 Å². The second kappa shape index (κ2) is 24.2. The molecule has 12 nitrogen and oxygen atoms in total. The predicted octanol–water partition coefficient (Wildman–Crippen LogP) is 10.9. The van der Waals surface area contributed by atoms with Gasteiger partial charge in [-0.2, -0.15) is 0 Å². The highest BCUT2D eigenvalue weighted by molar-refractivity contribution is 5.92. The minimum atomic E-state index is -1.05. The maximum Gasteiger partial charge on any atom is 0.326 e. The smallest absolute Gasteiger partial charge is 0.326 e. The molecule has 0 fully saturated rings. The SMILES string of the molecule is COc1ccc2c(c1OCc1ccccc1)CC(C(=O)O)N(C(=O)C(c1ccccc1)c1ccccc1)C2.COc1ccc2c(c1OCc1ccccc1)C[C@@H](C(=O)O)N(C(=O)C(c1ccccc1)c1ccccc1)C2. The Hall–Kier alpha value is -9.16. The van der Waals surface area contributed by atoms with Gasteiger partial charge in [-0.1, -0.05) is 194 Å². The van der Waals surface area contributed by atoms with Crippen LogP contribution in [0.15, 0.2) is 206 Å². The molecule has 0 spiro atoms. The number of hydrogen-bond donors (Lipinski definition) is 2. The van der Waals surface area contributed by atoms with Crippen LogP contribution in [0.4, 0.5) is 0 Å². The van der Waals surface area contributed by atoms with Crippen molar-refractivity contribution in [1.29, 1.82) is 0 Å². The molecule has 12 heteroatoms. The number of methoxy groups -OCH3 is 2. The van der Waals surface area contributed by atoms with Gasteiger partial charge >= 0.3 is 11.9 Å². The number of carbonyl (C=O) groups is 4. The summed E-state index contributed by atoms with van der Waals surface area (Å²) in [6.07, 6.45) is 0.238. The van der Waals surface area contributed by atoms with E-state index in [-0.39, 0.29) is 37.7 Å². The molecule has 10 rings (SSSR count). The van der Waals surface area contributed by atoms with Gasteiger partial charge in [-0.3, -0.25) is 9.59 Å². The second-order valence-corrected chi connectivity index (χ2v) is 18.6. The van der Waals surface area contributed by atoms with Crippen molar-refractivity contribution in [3.05, 3.63) is 262 Å². The fourth-order valence-electron chi connectivity index (χ4n) is 10.1. The maximum atomic E-state index is 14.1. The van der Waals surface area contributed by atoms with E-state index < -0.39 is 35.9 Å². The molecule has 2 amide bonds. The number of hydrogen-bond acceptors (Lipinski definition) is 8. The van der Waals surface area contributed by atoms with Crippen molar-refractivity contribution in [2.24, 2.45) is 0 Å². The lowest BCUT2D eigenvalue weighted by Crippen LogP contribution is -2.50. The first-order valence-corrected chi connectivity index (χ1v) is 25.1. The Balaban J connectivity index is 0.000000186. The number of nitrogens with zero attached hydrogens (tertiary/aromatic N) is 2. The van der Waals surface area contributed by atoms with E-state index in [4.69, 9.17) is 18.9 Å². The molecular weight excluding hydrogens is 957 g/mol. The molecule has 384 valence electrons. The highest BCUT2D eigenvalue weighted by Gasteiger charge is 2.42. The van der Waals surface area contributed by atoms with Gasteiger partial charge in [0.15, 0.2) is 23.0 Å². The average molecular weight is 1020 g/mol. The van der Waals surface area contributed by atoms with Gasteiger partial charge < -0.3 is 39.0 Å². The van der Waals surface area contributed by atoms with E-state index in [1.165, 1.54) is 9.80 Å². The third-order valence-corrected chi connectivity index (χ3v) is 13.9. The molecule has 0 saturated heterocycles. The molecule has 0 bridgehead atoms. The number of carboxylic acids is 2. The largest absolute Gasteiger partial charge is 0.493 e. The highest BCUT2D eigenvalue weighted by atomic mass is 16.5. The van der Waals surface area contributed by atoms with E-state index in [0.717, 1.165) is 55.6 Å². The zero-order valence-electron chi connectivity index (χ0n) is 42.2. The van der Waals surface area contributed by atoms with Crippen molar-refractivity contribution in [2.45, 2.75) is 63.1 Å². The number of carboxylic acid groups (broad SMARTS) is 2. The molecule has 8 aromatic carbocycles. The third kappa shape index (κ3) is 11.6. The molecular formula is C64H58N2O10. The van der Waals surface area contributed by atoms with Gasteiger partial charge in [-0.25, -0.2) is 9.59 Å². The van der Waals surface area contributed by atoms with Crippen molar-refractivity contribution in [3.63, 3.8) is 0 Å². The number of rotatable bonds is 16. The normalized spacial score (nSPS) is 14.6.